The Morgan fingerprint density at radius 1 is 1.64 bits per heavy atom. The molecule has 1 N–H and O–H groups in total. The molecular formula is C6H5BrCl2N2O3. The van der Waals surface area contributed by atoms with E-state index in [1.807, 2.05) is 0 Å². The predicted molar refractivity (Wildman–Crippen MR) is 55.6 cm³/mol. The van der Waals surface area contributed by atoms with Crippen molar-refractivity contribution in [3.63, 3.8) is 0 Å². The van der Waals surface area contributed by atoms with Crippen LogP contribution in [-0.4, -0.2) is 18.1 Å². The second-order valence-electron chi connectivity index (χ2n) is 2.28. The third kappa shape index (κ3) is 2.52. The van der Waals surface area contributed by atoms with Gasteiger partial charge in [0.15, 0.2) is 0 Å². The number of hydrogen-bond acceptors (Lipinski definition) is 4. The molecule has 0 unspecified atom stereocenters. The molecule has 0 amide bonds. The predicted octanol–water partition coefficient (Wildman–Crippen LogP) is 2.09. The number of rotatable bonds is 2. The third-order valence-corrected chi connectivity index (χ3v) is 2.68. The number of nitrogens with one attached hydrogen (secondary N) is 1. The van der Waals surface area contributed by atoms with Crippen LogP contribution in [0.15, 0.2) is 20.6 Å². The van der Waals surface area contributed by atoms with E-state index in [2.05, 4.69) is 21.2 Å². The van der Waals surface area contributed by atoms with Crippen LogP contribution in [-0.2, 0) is 4.74 Å². The molecule has 0 spiro atoms. The molecule has 5 nitrogen and oxygen atoms in total. The van der Waals surface area contributed by atoms with E-state index in [1.165, 1.54) is 0 Å². The molecule has 78 valence electrons. The standard InChI is InChI=1S/C6H5BrCl2N2O3/c7-5(9)3(8)4(11(12)13)6-10-1-2-14-6/h10H,1-2H2/b5-3?,6-4+. The van der Waals surface area contributed by atoms with Gasteiger partial charge >= 0.3 is 5.70 Å². The summed E-state index contributed by atoms with van der Waals surface area (Å²) >= 11 is 14.0. The van der Waals surface area contributed by atoms with Crippen LogP contribution in [0.3, 0.4) is 0 Å². The Labute approximate surface area is 98.0 Å². The Kier molecular flexibility index (Phi) is 4.03. The minimum atomic E-state index is -0.653. The quantitative estimate of drug-likeness (QED) is 0.627. The molecule has 1 heterocycles. The first-order valence-corrected chi connectivity index (χ1v) is 5.05. The summed E-state index contributed by atoms with van der Waals surface area (Å²) in [5.74, 6) is 0.0394. The van der Waals surface area contributed by atoms with Gasteiger partial charge in [-0.05, 0) is 15.9 Å². The molecule has 0 bridgehead atoms. The van der Waals surface area contributed by atoms with Crippen LogP contribution in [0.2, 0.25) is 0 Å². The van der Waals surface area contributed by atoms with Crippen molar-refractivity contribution >= 4 is 39.1 Å². The number of allylic oxidation sites excluding steroid dienone is 1. The maximum absolute atomic E-state index is 10.7. The van der Waals surface area contributed by atoms with Gasteiger partial charge in [-0.25, -0.2) is 0 Å². The summed E-state index contributed by atoms with van der Waals surface area (Å²) in [6.07, 6.45) is 0. The van der Waals surface area contributed by atoms with Crippen molar-refractivity contribution in [2.45, 2.75) is 0 Å². The van der Waals surface area contributed by atoms with E-state index in [0.717, 1.165) is 0 Å². The number of nitrogens with zero attached hydrogens (tertiary/aromatic N) is 1. The van der Waals surface area contributed by atoms with Gasteiger partial charge in [0, 0.05) is 0 Å². The van der Waals surface area contributed by atoms with E-state index < -0.39 is 4.92 Å². The molecule has 0 aromatic heterocycles. The second kappa shape index (κ2) is 4.86. The van der Waals surface area contributed by atoms with Crippen LogP contribution in [0, 0.1) is 10.1 Å². The van der Waals surface area contributed by atoms with Crippen molar-refractivity contribution in [1.82, 2.24) is 5.32 Å². The van der Waals surface area contributed by atoms with E-state index in [9.17, 15) is 10.1 Å². The Morgan fingerprint density at radius 2 is 2.29 bits per heavy atom. The molecule has 14 heavy (non-hydrogen) atoms. The molecule has 1 aliphatic heterocycles. The van der Waals surface area contributed by atoms with Gasteiger partial charge in [0.2, 0.25) is 0 Å². The molecule has 0 aromatic carbocycles. The zero-order valence-electron chi connectivity index (χ0n) is 6.72. The number of hydrogen-bond donors (Lipinski definition) is 1. The topological polar surface area (TPSA) is 64.4 Å². The Morgan fingerprint density at radius 3 is 2.64 bits per heavy atom. The molecule has 0 aliphatic carbocycles. The highest BCUT2D eigenvalue weighted by molar-refractivity contribution is 9.12. The molecular weight excluding hydrogens is 299 g/mol. The summed E-state index contributed by atoms with van der Waals surface area (Å²) in [6.45, 7) is 0.882. The number of ether oxygens (including phenoxy) is 1. The minimum absolute atomic E-state index is 0.0318. The van der Waals surface area contributed by atoms with Crippen LogP contribution in [0.5, 0.6) is 0 Å². The zero-order chi connectivity index (χ0) is 10.7. The lowest BCUT2D eigenvalue weighted by Crippen LogP contribution is -2.13. The summed E-state index contributed by atoms with van der Waals surface area (Å²) < 4.78 is 4.94. The fourth-order valence-electron chi connectivity index (χ4n) is 0.873. The van der Waals surface area contributed by atoms with Gasteiger partial charge in [-0.3, -0.25) is 10.1 Å². The lowest BCUT2D eigenvalue weighted by Gasteiger charge is -2.01. The molecule has 0 saturated carbocycles. The van der Waals surface area contributed by atoms with Crippen molar-refractivity contribution in [2.24, 2.45) is 0 Å². The first-order chi connectivity index (χ1) is 6.54. The highest BCUT2D eigenvalue weighted by Gasteiger charge is 2.28. The average molecular weight is 304 g/mol. The molecule has 8 heteroatoms. The lowest BCUT2D eigenvalue weighted by molar-refractivity contribution is -0.423. The van der Waals surface area contributed by atoms with Crippen LogP contribution in [0.1, 0.15) is 0 Å². The Balaban J connectivity index is 3.13. The van der Waals surface area contributed by atoms with Crippen molar-refractivity contribution in [3.8, 4) is 0 Å². The normalized spacial score (nSPS) is 20.8. The van der Waals surface area contributed by atoms with Gasteiger partial charge in [0.05, 0.1) is 11.5 Å². The van der Waals surface area contributed by atoms with Gasteiger partial charge < -0.3 is 10.1 Å². The highest BCUT2D eigenvalue weighted by Crippen LogP contribution is 2.29. The first-order valence-electron chi connectivity index (χ1n) is 3.50. The van der Waals surface area contributed by atoms with E-state index >= 15 is 0 Å². The molecule has 1 fully saturated rings. The first kappa shape index (κ1) is 11.6. The van der Waals surface area contributed by atoms with Gasteiger partial charge in [-0.1, -0.05) is 23.2 Å². The van der Waals surface area contributed by atoms with Crippen molar-refractivity contribution in [3.05, 3.63) is 30.7 Å². The molecule has 1 saturated heterocycles. The van der Waals surface area contributed by atoms with E-state index in [1.54, 1.807) is 0 Å². The van der Waals surface area contributed by atoms with E-state index in [-0.39, 0.29) is 20.6 Å². The maximum atomic E-state index is 10.7. The smallest absolute Gasteiger partial charge is 0.348 e. The molecule has 1 rings (SSSR count). The van der Waals surface area contributed by atoms with Crippen molar-refractivity contribution in [2.75, 3.05) is 13.2 Å². The van der Waals surface area contributed by atoms with E-state index in [0.29, 0.717) is 13.2 Å². The van der Waals surface area contributed by atoms with Crippen LogP contribution < -0.4 is 5.32 Å². The lowest BCUT2D eigenvalue weighted by atomic mass is 10.4. The zero-order valence-corrected chi connectivity index (χ0v) is 9.82. The van der Waals surface area contributed by atoms with Gasteiger partial charge in [0.25, 0.3) is 5.88 Å². The largest absolute Gasteiger partial charge is 0.472 e. The second-order valence-corrected chi connectivity index (χ2v) is 4.29. The number of nitro groups is 1. The van der Waals surface area contributed by atoms with Gasteiger partial charge in [-0.2, -0.15) is 0 Å². The minimum Gasteiger partial charge on any atom is -0.472 e. The van der Waals surface area contributed by atoms with Crippen molar-refractivity contribution < 1.29 is 9.66 Å². The highest BCUT2D eigenvalue weighted by atomic mass is 79.9. The maximum Gasteiger partial charge on any atom is 0.348 e. The van der Waals surface area contributed by atoms with E-state index in [4.69, 9.17) is 27.9 Å². The van der Waals surface area contributed by atoms with Crippen LogP contribution in [0.4, 0.5) is 0 Å². The third-order valence-electron chi connectivity index (χ3n) is 1.41. The summed E-state index contributed by atoms with van der Waals surface area (Å²) in [5.41, 5.74) is -0.369. The van der Waals surface area contributed by atoms with Crippen LogP contribution in [0.25, 0.3) is 0 Å². The number of halogens is 3. The molecule has 1 aliphatic rings. The summed E-state index contributed by atoms with van der Waals surface area (Å²) in [7, 11) is 0. The monoisotopic (exact) mass is 302 g/mol. The molecule has 0 radical (unpaired) electrons. The molecule has 0 aromatic rings. The summed E-state index contributed by atoms with van der Waals surface area (Å²) in [4.78, 5) is 10.0. The average Bonchev–Trinajstić information content (AvgIpc) is 2.56. The fraction of sp³-hybridized carbons (Fsp3) is 0.333. The Hall–Kier alpha value is -0.460. The van der Waals surface area contributed by atoms with Crippen molar-refractivity contribution in [1.29, 1.82) is 0 Å². The summed E-state index contributed by atoms with van der Waals surface area (Å²) in [6, 6.07) is 0. The SMILES string of the molecule is O=[N+]([O-])/C(C(Cl)=C(Cl)Br)=C1\NCCO1. The Bertz CT molecular complexity index is 317. The molecule has 0 atom stereocenters. The summed E-state index contributed by atoms with van der Waals surface area (Å²) in [5, 5.41) is 13.2. The van der Waals surface area contributed by atoms with Gasteiger partial charge in [0.1, 0.15) is 15.6 Å². The van der Waals surface area contributed by atoms with Crippen LogP contribution >= 0.6 is 39.1 Å². The fourth-order valence-corrected chi connectivity index (χ4v) is 1.31. The van der Waals surface area contributed by atoms with Gasteiger partial charge in [-0.15, -0.1) is 0 Å².